The summed E-state index contributed by atoms with van der Waals surface area (Å²) in [4.78, 5) is 11.1. The van der Waals surface area contributed by atoms with Gasteiger partial charge in [0.25, 0.3) is 0 Å². The highest BCUT2D eigenvalue weighted by molar-refractivity contribution is 7.89. The van der Waals surface area contributed by atoms with E-state index in [9.17, 15) is 13.2 Å². The Bertz CT molecular complexity index is 1040. The van der Waals surface area contributed by atoms with Gasteiger partial charge in [-0.1, -0.05) is 24.3 Å². The lowest BCUT2D eigenvalue weighted by Crippen LogP contribution is -2.40. The fraction of sp³-hybridized carbons (Fsp3) is 0.118. The van der Waals surface area contributed by atoms with E-state index in [-0.39, 0.29) is 11.3 Å². The van der Waals surface area contributed by atoms with Gasteiger partial charge in [-0.15, -0.1) is 6.58 Å². The van der Waals surface area contributed by atoms with Crippen LogP contribution in [-0.4, -0.2) is 25.5 Å². The highest BCUT2D eigenvalue weighted by atomic mass is 32.2. The Kier molecular flexibility index (Phi) is 4.13. The van der Waals surface area contributed by atoms with Crippen molar-refractivity contribution >= 4 is 37.9 Å². The molecule has 24 heavy (non-hydrogen) atoms. The first-order valence-electron chi connectivity index (χ1n) is 7.20. The molecule has 1 heterocycles. The SMILES string of the molecule is C=CCC(NS(=O)(=O)c1ccc2oc3ccccc3c2c1)C(=O)O. The lowest BCUT2D eigenvalue weighted by molar-refractivity contribution is -0.138. The number of hydrogen-bond donors (Lipinski definition) is 2. The van der Waals surface area contributed by atoms with Crippen molar-refractivity contribution in [2.45, 2.75) is 17.4 Å². The van der Waals surface area contributed by atoms with Crippen molar-refractivity contribution in [3.05, 3.63) is 55.1 Å². The van der Waals surface area contributed by atoms with Crippen LogP contribution in [0.5, 0.6) is 0 Å². The van der Waals surface area contributed by atoms with Crippen LogP contribution in [0.25, 0.3) is 21.9 Å². The second-order valence-electron chi connectivity index (χ2n) is 5.29. The second kappa shape index (κ2) is 6.10. The third-order valence-corrected chi connectivity index (χ3v) is 5.13. The standard InChI is InChI=1S/C17H15NO5S/c1-2-5-14(17(19)20)18-24(21,22)11-8-9-16-13(10-11)12-6-3-4-7-15(12)23-16/h2-4,6-10,14,18H,1,5H2,(H,19,20). The smallest absolute Gasteiger partial charge is 0.322 e. The summed E-state index contributed by atoms with van der Waals surface area (Å²) in [7, 11) is -3.98. The number of carboxylic acid groups (broad SMARTS) is 1. The molecule has 3 rings (SSSR count). The molecule has 1 atom stereocenters. The number of furan rings is 1. The van der Waals surface area contributed by atoms with Gasteiger partial charge in [-0.05, 0) is 30.7 Å². The lowest BCUT2D eigenvalue weighted by atomic mass is 10.1. The summed E-state index contributed by atoms with van der Waals surface area (Å²) in [5, 5.41) is 10.6. The van der Waals surface area contributed by atoms with Crippen molar-refractivity contribution in [3.63, 3.8) is 0 Å². The summed E-state index contributed by atoms with van der Waals surface area (Å²) in [5.41, 5.74) is 1.22. The van der Waals surface area contributed by atoms with Crippen molar-refractivity contribution in [1.82, 2.24) is 4.72 Å². The lowest BCUT2D eigenvalue weighted by Gasteiger charge is -2.13. The Morgan fingerprint density at radius 3 is 2.62 bits per heavy atom. The molecule has 2 N–H and O–H groups in total. The van der Waals surface area contributed by atoms with E-state index in [1.165, 1.54) is 18.2 Å². The molecule has 0 aliphatic rings. The number of para-hydroxylation sites is 1. The molecule has 1 unspecified atom stereocenters. The maximum absolute atomic E-state index is 12.5. The molecule has 0 radical (unpaired) electrons. The topological polar surface area (TPSA) is 96.6 Å². The van der Waals surface area contributed by atoms with Gasteiger partial charge in [-0.25, -0.2) is 8.42 Å². The quantitative estimate of drug-likeness (QED) is 0.670. The summed E-state index contributed by atoms with van der Waals surface area (Å²) in [5.74, 6) is -1.26. The van der Waals surface area contributed by atoms with Crippen molar-refractivity contribution < 1.29 is 22.7 Å². The molecule has 0 amide bonds. The van der Waals surface area contributed by atoms with Crippen molar-refractivity contribution in [1.29, 1.82) is 0 Å². The van der Waals surface area contributed by atoms with Crippen molar-refractivity contribution in [2.24, 2.45) is 0 Å². The zero-order valence-corrected chi connectivity index (χ0v) is 13.4. The number of nitrogens with one attached hydrogen (secondary N) is 1. The fourth-order valence-corrected chi connectivity index (χ4v) is 3.72. The van der Waals surface area contributed by atoms with Crippen LogP contribution in [0, 0.1) is 0 Å². The summed E-state index contributed by atoms with van der Waals surface area (Å²) < 4.78 is 32.8. The summed E-state index contributed by atoms with van der Waals surface area (Å²) in [6.07, 6.45) is 1.35. The molecule has 0 spiro atoms. The van der Waals surface area contributed by atoms with Crippen LogP contribution in [0.2, 0.25) is 0 Å². The van der Waals surface area contributed by atoms with Gasteiger partial charge in [0, 0.05) is 10.8 Å². The molecule has 0 aliphatic carbocycles. The Morgan fingerprint density at radius 2 is 1.92 bits per heavy atom. The maximum Gasteiger partial charge on any atom is 0.322 e. The molecule has 0 saturated carbocycles. The first-order chi connectivity index (χ1) is 11.4. The Labute approximate surface area is 138 Å². The number of rotatable bonds is 6. The van der Waals surface area contributed by atoms with E-state index in [1.807, 2.05) is 18.2 Å². The average molecular weight is 345 g/mol. The molecular weight excluding hydrogens is 330 g/mol. The van der Waals surface area contributed by atoms with E-state index in [0.717, 1.165) is 5.39 Å². The van der Waals surface area contributed by atoms with Crippen LogP contribution in [0.3, 0.4) is 0 Å². The number of benzene rings is 2. The van der Waals surface area contributed by atoms with Gasteiger partial charge in [0.05, 0.1) is 4.90 Å². The molecule has 3 aromatic rings. The molecule has 0 fully saturated rings. The van der Waals surface area contributed by atoms with Gasteiger partial charge in [0.1, 0.15) is 17.2 Å². The third-order valence-electron chi connectivity index (χ3n) is 3.66. The zero-order chi connectivity index (χ0) is 17.3. The molecule has 0 aliphatic heterocycles. The fourth-order valence-electron chi connectivity index (χ4n) is 2.49. The number of carbonyl (C=O) groups is 1. The summed E-state index contributed by atoms with van der Waals surface area (Å²) in [6.45, 7) is 3.44. The molecule has 7 heteroatoms. The molecule has 0 saturated heterocycles. The minimum atomic E-state index is -3.98. The Hall–Kier alpha value is -2.64. The Balaban J connectivity index is 2.05. The predicted octanol–water partition coefficient (Wildman–Crippen LogP) is 2.89. The van der Waals surface area contributed by atoms with Gasteiger partial charge in [0.2, 0.25) is 10.0 Å². The molecule has 2 aromatic carbocycles. The minimum absolute atomic E-state index is 0.00848. The van der Waals surface area contributed by atoms with Gasteiger partial charge in [0.15, 0.2) is 0 Å². The van der Waals surface area contributed by atoms with Crippen molar-refractivity contribution in [2.75, 3.05) is 0 Å². The number of aliphatic carboxylic acids is 1. The van der Waals surface area contributed by atoms with Crippen LogP contribution in [0.4, 0.5) is 0 Å². The summed E-state index contributed by atoms with van der Waals surface area (Å²) in [6, 6.07) is 10.5. The highest BCUT2D eigenvalue weighted by Gasteiger charge is 2.25. The van der Waals surface area contributed by atoms with Crippen LogP contribution >= 0.6 is 0 Å². The molecular formula is C17H15NO5S. The first-order valence-corrected chi connectivity index (χ1v) is 8.68. The van der Waals surface area contributed by atoms with Crippen LogP contribution in [0.1, 0.15) is 6.42 Å². The molecule has 1 aromatic heterocycles. The van der Waals surface area contributed by atoms with E-state index in [0.29, 0.717) is 16.6 Å². The minimum Gasteiger partial charge on any atom is -0.480 e. The summed E-state index contributed by atoms with van der Waals surface area (Å²) >= 11 is 0. The number of sulfonamides is 1. The van der Waals surface area contributed by atoms with E-state index in [4.69, 9.17) is 9.52 Å². The number of fused-ring (bicyclic) bond motifs is 3. The monoisotopic (exact) mass is 345 g/mol. The average Bonchev–Trinajstić information content (AvgIpc) is 2.92. The van der Waals surface area contributed by atoms with E-state index in [2.05, 4.69) is 11.3 Å². The molecule has 124 valence electrons. The highest BCUT2D eigenvalue weighted by Crippen LogP contribution is 2.30. The van der Waals surface area contributed by atoms with Gasteiger partial charge in [-0.2, -0.15) is 4.72 Å². The number of hydrogen-bond acceptors (Lipinski definition) is 4. The van der Waals surface area contributed by atoms with Gasteiger partial charge < -0.3 is 9.52 Å². The Morgan fingerprint density at radius 1 is 1.21 bits per heavy atom. The maximum atomic E-state index is 12.5. The van der Waals surface area contributed by atoms with E-state index in [1.54, 1.807) is 12.1 Å². The van der Waals surface area contributed by atoms with E-state index >= 15 is 0 Å². The first kappa shape index (κ1) is 16.2. The van der Waals surface area contributed by atoms with Crippen molar-refractivity contribution in [3.8, 4) is 0 Å². The van der Waals surface area contributed by atoms with Gasteiger partial charge in [-0.3, -0.25) is 4.79 Å². The van der Waals surface area contributed by atoms with Crippen LogP contribution in [-0.2, 0) is 14.8 Å². The van der Waals surface area contributed by atoms with Crippen LogP contribution < -0.4 is 4.72 Å². The second-order valence-corrected chi connectivity index (χ2v) is 7.01. The molecule has 6 nitrogen and oxygen atoms in total. The zero-order valence-electron chi connectivity index (χ0n) is 12.6. The normalized spacial score (nSPS) is 13.2. The van der Waals surface area contributed by atoms with E-state index < -0.39 is 22.0 Å². The largest absolute Gasteiger partial charge is 0.480 e. The number of carboxylic acids is 1. The van der Waals surface area contributed by atoms with Gasteiger partial charge >= 0.3 is 5.97 Å². The third kappa shape index (κ3) is 2.91. The molecule has 0 bridgehead atoms. The van der Waals surface area contributed by atoms with Crippen LogP contribution in [0.15, 0.2) is 64.4 Å². The predicted molar refractivity (Wildman–Crippen MR) is 90.3 cm³/mol.